The fourth-order valence-electron chi connectivity index (χ4n) is 3.65. The predicted molar refractivity (Wildman–Crippen MR) is 126 cm³/mol. The number of nitrogens with zero attached hydrogens (tertiary/aromatic N) is 3. The molecule has 4 aromatic rings. The molecule has 0 fully saturated rings. The van der Waals surface area contributed by atoms with E-state index in [9.17, 15) is 27.2 Å². The van der Waals surface area contributed by atoms with Gasteiger partial charge in [0.2, 0.25) is 5.91 Å². The molecule has 198 valence electrons. The van der Waals surface area contributed by atoms with Crippen LogP contribution >= 0.6 is 0 Å². The lowest BCUT2D eigenvalue weighted by molar-refractivity contribution is -0.274. The third-order valence-corrected chi connectivity index (χ3v) is 5.26. The molecule has 0 unspecified atom stereocenters. The number of anilines is 1. The summed E-state index contributed by atoms with van der Waals surface area (Å²) >= 11 is 0. The lowest BCUT2D eigenvalue weighted by Gasteiger charge is -2.18. The van der Waals surface area contributed by atoms with Gasteiger partial charge in [-0.3, -0.25) is 9.59 Å². The summed E-state index contributed by atoms with van der Waals surface area (Å²) in [6, 6.07) is 4.88. The number of hydrogen-bond acceptors (Lipinski definition) is 5. The first-order valence-corrected chi connectivity index (χ1v) is 10.8. The van der Waals surface area contributed by atoms with Gasteiger partial charge in [-0.25, -0.2) is 18.3 Å². The molecular formula is C25H20F5N5O3. The van der Waals surface area contributed by atoms with Crippen molar-refractivity contribution in [3.05, 3.63) is 77.0 Å². The number of carbonyl (C=O) groups is 2. The van der Waals surface area contributed by atoms with Gasteiger partial charge in [0.05, 0.1) is 23.5 Å². The van der Waals surface area contributed by atoms with E-state index in [0.29, 0.717) is 29.4 Å². The Balaban J connectivity index is 1.71. The second-order valence-corrected chi connectivity index (χ2v) is 8.09. The number of amides is 2. The van der Waals surface area contributed by atoms with Gasteiger partial charge < -0.3 is 15.4 Å². The molecule has 0 radical (unpaired) electrons. The minimum Gasteiger partial charge on any atom is -0.406 e. The van der Waals surface area contributed by atoms with E-state index >= 15 is 4.39 Å². The Hall–Kier alpha value is -4.55. The average Bonchev–Trinajstić information content (AvgIpc) is 3.23. The molecule has 0 aliphatic rings. The summed E-state index contributed by atoms with van der Waals surface area (Å²) in [6.07, 6.45) is -3.76. The number of benzene rings is 2. The van der Waals surface area contributed by atoms with Crippen LogP contribution in [0, 0.1) is 18.6 Å². The lowest BCUT2D eigenvalue weighted by Crippen LogP contribution is -2.28. The van der Waals surface area contributed by atoms with Crippen molar-refractivity contribution < 1.29 is 40.4 Å². The molecule has 0 spiro atoms. The number of ether oxygens (including phenoxy) is 1. The number of rotatable bonds is 6. The summed E-state index contributed by atoms with van der Waals surface area (Å²) in [5.41, 5.74) is -0.840. The van der Waals surface area contributed by atoms with Gasteiger partial charge in [0.15, 0.2) is 11.5 Å². The molecule has 4 rings (SSSR count). The zero-order chi connectivity index (χ0) is 30.3. The maximum absolute atomic E-state index is 15.8. The van der Waals surface area contributed by atoms with Crippen LogP contribution in [-0.4, -0.2) is 32.8 Å². The summed E-state index contributed by atoms with van der Waals surface area (Å²) < 4.78 is 96.7. The monoisotopic (exact) mass is 536 g/mol. The van der Waals surface area contributed by atoms with E-state index in [1.165, 1.54) is 42.8 Å². The Bertz CT molecular complexity index is 1660. The molecule has 2 amide bonds. The third-order valence-electron chi connectivity index (χ3n) is 5.26. The average molecular weight is 536 g/mol. The fraction of sp³-hybridized carbons (Fsp3) is 0.200. The van der Waals surface area contributed by atoms with Gasteiger partial charge in [0, 0.05) is 22.2 Å². The summed E-state index contributed by atoms with van der Waals surface area (Å²) in [7, 11) is 0. The normalized spacial score (nSPS) is 13.8. The van der Waals surface area contributed by atoms with Gasteiger partial charge in [-0.15, -0.1) is 13.2 Å². The van der Waals surface area contributed by atoms with Crippen molar-refractivity contribution in [2.75, 3.05) is 5.32 Å². The van der Waals surface area contributed by atoms with Crippen LogP contribution in [0.3, 0.4) is 0 Å². The number of aryl methyl sites for hydroxylation is 1. The summed E-state index contributed by atoms with van der Waals surface area (Å²) in [4.78, 5) is 28.6. The highest BCUT2D eigenvalue weighted by molar-refractivity contribution is 5.96. The molecule has 0 saturated carbocycles. The highest BCUT2D eigenvalue weighted by Crippen LogP contribution is 2.30. The van der Waals surface area contributed by atoms with Crippen molar-refractivity contribution >= 4 is 23.3 Å². The quantitative estimate of drug-likeness (QED) is 0.325. The summed E-state index contributed by atoms with van der Waals surface area (Å²) in [5.74, 6) is -4.69. The highest BCUT2D eigenvalue weighted by atomic mass is 19.4. The van der Waals surface area contributed by atoms with Gasteiger partial charge >= 0.3 is 6.36 Å². The fourth-order valence-corrected chi connectivity index (χ4v) is 3.65. The van der Waals surface area contributed by atoms with Crippen LogP contribution in [0.2, 0.25) is 0 Å². The number of alkyl halides is 3. The van der Waals surface area contributed by atoms with Crippen LogP contribution in [0.1, 0.15) is 45.4 Å². The molecule has 8 nitrogen and oxygen atoms in total. The van der Waals surface area contributed by atoms with Crippen molar-refractivity contribution in [3.8, 4) is 17.0 Å². The number of imidazole rings is 1. The van der Waals surface area contributed by atoms with E-state index in [2.05, 4.69) is 20.1 Å². The Morgan fingerprint density at radius 2 is 1.89 bits per heavy atom. The number of fused-ring (bicyclic) bond motifs is 1. The lowest BCUT2D eigenvalue weighted by atomic mass is 10.00. The number of halogens is 5. The van der Waals surface area contributed by atoms with Crippen molar-refractivity contribution in [1.82, 2.24) is 19.9 Å². The van der Waals surface area contributed by atoms with E-state index in [4.69, 9.17) is 4.11 Å². The number of hydrogen-bond donors (Lipinski definition) is 2. The zero-order valence-electron chi connectivity index (χ0n) is 22.7. The van der Waals surface area contributed by atoms with Crippen molar-refractivity contribution in [2.24, 2.45) is 0 Å². The smallest absolute Gasteiger partial charge is 0.406 e. The SMILES string of the molecule is [2H]C([2H])([2H])[C@H](NC(=O)c1ccc(C)c(-c2ccc3nc(NC(C)=O)cn3n2)c1F)c1cc(OC(F)(F)F)ccc1F. The van der Waals surface area contributed by atoms with E-state index in [1.807, 2.05) is 5.32 Å². The summed E-state index contributed by atoms with van der Waals surface area (Å²) in [6.45, 7) is -0.331. The molecular weight excluding hydrogens is 513 g/mol. The molecule has 1 atom stereocenters. The molecule has 0 bridgehead atoms. The minimum absolute atomic E-state index is 0.0596. The van der Waals surface area contributed by atoms with Crippen LogP contribution in [0.5, 0.6) is 5.75 Å². The molecule has 38 heavy (non-hydrogen) atoms. The molecule has 0 aliphatic carbocycles. The Kier molecular flexibility index (Phi) is 6.00. The van der Waals surface area contributed by atoms with Gasteiger partial charge in [-0.1, -0.05) is 6.07 Å². The minimum atomic E-state index is -5.14. The van der Waals surface area contributed by atoms with Crippen LogP contribution < -0.4 is 15.4 Å². The van der Waals surface area contributed by atoms with E-state index in [-0.39, 0.29) is 23.0 Å². The first-order chi connectivity index (χ1) is 19.0. The number of carbonyl (C=O) groups excluding carboxylic acids is 2. The highest BCUT2D eigenvalue weighted by Gasteiger charge is 2.31. The topological polar surface area (TPSA) is 97.6 Å². The van der Waals surface area contributed by atoms with Crippen molar-refractivity contribution in [1.29, 1.82) is 0 Å². The Morgan fingerprint density at radius 3 is 2.58 bits per heavy atom. The van der Waals surface area contributed by atoms with Crippen LogP contribution in [0.25, 0.3) is 16.9 Å². The van der Waals surface area contributed by atoms with Crippen molar-refractivity contribution in [2.45, 2.75) is 33.1 Å². The first kappa shape index (κ1) is 22.6. The van der Waals surface area contributed by atoms with Gasteiger partial charge in [0.25, 0.3) is 5.91 Å². The number of nitrogens with one attached hydrogen (secondary N) is 2. The second-order valence-electron chi connectivity index (χ2n) is 8.09. The standard InChI is InChI=1S/C25H20F5N5O3/c1-12-4-6-16(24(37)31-13(2)17-10-15(5-7-18(17)26)38-25(28,29)30)23(27)22(12)19-8-9-21-33-20(32-14(3)36)11-35(21)34-19/h4-11,13H,1-3H3,(H,31,37)(H,32,36)/t13-/m0/s1/i2D3. The molecule has 2 aromatic heterocycles. The Morgan fingerprint density at radius 1 is 1.13 bits per heavy atom. The molecule has 0 aliphatic heterocycles. The van der Waals surface area contributed by atoms with Gasteiger partial charge in [0.1, 0.15) is 17.4 Å². The first-order valence-electron chi connectivity index (χ1n) is 12.3. The Labute approximate surface area is 216 Å². The van der Waals surface area contributed by atoms with Gasteiger partial charge in [-0.2, -0.15) is 5.10 Å². The maximum atomic E-state index is 15.8. The van der Waals surface area contributed by atoms with Crippen LogP contribution in [0.4, 0.5) is 27.8 Å². The van der Waals surface area contributed by atoms with Gasteiger partial charge in [-0.05, 0) is 55.7 Å². The largest absolute Gasteiger partial charge is 0.573 e. The summed E-state index contributed by atoms with van der Waals surface area (Å²) in [5, 5.41) is 8.78. The third kappa shape index (κ3) is 5.71. The van der Waals surface area contributed by atoms with E-state index in [1.54, 1.807) is 0 Å². The second kappa shape index (κ2) is 10.1. The maximum Gasteiger partial charge on any atom is 0.573 e. The molecule has 2 N–H and O–H groups in total. The molecule has 2 heterocycles. The number of aromatic nitrogens is 3. The van der Waals surface area contributed by atoms with E-state index in [0.717, 1.165) is 6.07 Å². The van der Waals surface area contributed by atoms with Crippen molar-refractivity contribution in [3.63, 3.8) is 0 Å². The van der Waals surface area contributed by atoms with Crippen LogP contribution in [0.15, 0.2) is 48.7 Å². The predicted octanol–water partition coefficient (Wildman–Crippen LogP) is 5.33. The molecule has 0 saturated heterocycles. The molecule has 2 aromatic carbocycles. The molecule has 13 heteroatoms. The van der Waals surface area contributed by atoms with Crippen LogP contribution in [-0.2, 0) is 4.79 Å². The van der Waals surface area contributed by atoms with E-state index < -0.39 is 53.7 Å². The zero-order valence-corrected chi connectivity index (χ0v) is 19.7.